The maximum atomic E-state index is 12.7. The van der Waals surface area contributed by atoms with Gasteiger partial charge in [-0.3, -0.25) is 15.6 Å². The van der Waals surface area contributed by atoms with Gasteiger partial charge in [-0.1, -0.05) is 36.4 Å². The summed E-state index contributed by atoms with van der Waals surface area (Å²) in [6, 6.07) is 19.5. The summed E-state index contributed by atoms with van der Waals surface area (Å²) < 4.78 is 5.37. The van der Waals surface area contributed by atoms with Crippen molar-refractivity contribution in [1.82, 2.24) is 15.4 Å². The first kappa shape index (κ1) is 19.4. The van der Waals surface area contributed by atoms with Crippen molar-refractivity contribution >= 4 is 50.4 Å². The van der Waals surface area contributed by atoms with Crippen LogP contribution in [0.1, 0.15) is 20.7 Å². The molecule has 0 bridgehead atoms. The van der Waals surface area contributed by atoms with Gasteiger partial charge in [0.05, 0.1) is 18.2 Å². The predicted molar refractivity (Wildman–Crippen MR) is 122 cm³/mol. The van der Waals surface area contributed by atoms with E-state index >= 15 is 0 Å². The summed E-state index contributed by atoms with van der Waals surface area (Å²) in [5.41, 5.74) is 6.97. The molecule has 0 fully saturated rings. The van der Waals surface area contributed by atoms with E-state index in [2.05, 4.69) is 20.8 Å². The van der Waals surface area contributed by atoms with Crippen LogP contribution in [-0.4, -0.2) is 34.1 Å². The molecule has 5 rings (SSSR count). The molecule has 8 heteroatoms. The lowest BCUT2D eigenvalue weighted by atomic mass is 10.1. The monoisotopic (exact) mass is 426 g/mol. The van der Waals surface area contributed by atoms with Crippen molar-refractivity contribution in [3.63, 3.8) is 0 Å². The largest absolute Gasteiger partial charge is 0.497 e. The van der Waals surface area contributed by atoms with Crippen molar-refractivity contribution in [2.45, 2.75) is 0 Å². The summed E-state index contributed by atoms with van der Waals surface area (Å²) in [6.45, 7) is 0. The Bertz CT molecular complexity index is 1520. The van der Waals surface area contributed by atoms with Crippen LogP contribution in [-0.2, 0) is 0 Å². The normalized spacial score (nSPS) is 11.0. The summed E-state index contributed by atoms with van der Waals surface area (Å²) in [4.78, 5) is 32.1. The number of hydrogen-bond donors (Lipinski definition) is 4. The first-order valence-electron chi connectivity index (χ1n) is 9.83. The summed E-state index contributed by atoms with van der Waals surface area (Å²) >= 11 is 0. The zero-order valence-electron chi connectivity index (χ0n) is 17.0. The first-order chi connectivity index (χ1) is 15.6. The second-order valence-electron chi connectivity index (χ2n) is 7.20. The van der Waals surface area contributed by atoms with E-state index in [1.807, 2.05) is 42.5 Å². The summed E-state index contributed by atoms with van der Waals surface area (Å²) in [5.74, 6) is -0.563. The molecule has 2 heterocycles. The zero-order valence-corrected chi connectivity index (χ0v) is 17.0. The van der Waals surface area contributed by atoms with Crippen LogP contribution in [0.2, 0.25) is 0 Å². The number of hydrogen-bond acceptors (Lipinski definition) is 5. The fourth-order valence-corrected chi connectivity index (χ4v) is 3.87. The van der Waals surface area contributed by atoms with E-state index in [1.165, 1.54) is 12.1 Å². The zero-order chi connectivity index (χ0) is 22.2. The highest BCUT2D eigenvalue weighted by molar-refractivity contribution is 6.21. The number of rotatable bonds is 5. The number of fused-ring (bicyclic) bond motifs is 5. The number of benzene rings is 3. The van der Waals surface area contributed by atoms with Gasteiger partial charge in [-0.2, -0.15) is 0 Å². The molecule has 0 aliphatic carbocycles. The fourth-order valence-electron chi connectivity index (χ4n) is 3.87. The molecule has 0 radical (unpaired) electrons. The molecule has 0 aliphatic heterocycles. The minimum atomic E-state index is -1.17. The molecule has 5 aromatic rings. The van der Waals surface area contributed by atoms with Gasteiger partial charge < -0.3 is 14.8 Å². The molecule has 1 amide bonds. The molecule has 8 nitrogen and oxygen atoms in total. The number of aromatic nitrogens is 2. The van der Waals surface area contributed by atoms with E-state index in [4.69, 9.17) is 4.74 Å². The first-order valence-corrected chi connectivity index (χ1v) is 9.83. The number of aromatic amines is 1. The molecule has 4 N–H and O–H groups in total. The molecular weight excluding hydrogens is 408 g/mol. The topological polar surface area (TPSA) is 116 Å². The van der Waals surface area contributed by atoms with Crippen LogP contribution in [0.25, 0.3) is 32.7 Å². The number of amides is 1. The van der Waals surface area contributed by atoms with E-state index in [1.54, 1.807) is 19.2 Å². The molecule has 0 saturated carbocycles. The second-order valence-corrected chi connectivity index (χ2v) is 7.20. The van der Waals surface area contributed by atoms with Crippen LogP contribution in [0, 0.1) is 0 Å². The van der Waals surface area contributed by atoms with Crippen LogP contribution in [0.5, 0.6) is 5.75 Å². The average Bonchev–Trinajstić information content (AvgIpc) is 3.19. The number of nitrogens with zero attached hydrogens (tertiary/aromatic N) is 1. The molecule has 0 saturated heterocycles. The SMILES string of the molecule is COc1ccc2[nH]c3nc(NNC(=O)c4ccccc4C(=O)O)c4ccccc4c3c2c1. The minimum absolute atomic E-state index is 0.0515. The highest BCUT2D eigenvalue weighted by Gasteiger charge is 2.17. The molecule has 32 heavy (non-hydrogen) atoms. The third kappa shape index (κ3) is 3.14. The van der Waals surface area contributed by atoms with Crippen molar-refractivity contribution in [2.24, 2.45) is 0 Å². The summed E-state index contributed by atoms with van der Waals surface area (Å²) in [5, 5.41) is 13.0. The van der Waals surface area contributed by atoms with E-state index in [0.29, 0.717) is 11.5 Å². The average molecular weight is 426 g/mol. The lowest BCUT2D eigenvalue weighted by molar-refractivity contribution is 0.0691. The molecular formula is C24H18N4O4. The van der Waals surface area contributed by atoms with Crippen molar-refractivity contribution in [1.29, 1.82) is 0 Å². The van der Waals surface area contributed by atoms with Crippen molar-refractivity contribution < 1.29 is 19.4 Å². The van der Waals surface area contributed by atoms with Gasteiger partial charge in [0.2, 0.25) is 0 Å². The number of aromatic carboxylic acids is 1. The number of H-pyrrole nitrogens is 1. The van der Waals surface area contributed by atoms with Gasteiger partial charge in [-0.05, 0) is 35.7 Å². The molecule has 158 valence electrons. The minimum Gasteiger partial charge on any atom is -0.497 e. The number of methoxy groups -OCH3 is 1. The Balaban J connectivity index is 1.58. The van der Waals surface area contributed by atoms with Gasteiger partial charge in [-0.15, -0.1) is 0 Å². The smallest absolute Gasteiger partial charge is 0.336 e. The number of carboxylic acid groups (broad SMARTS) is 1. The molecule has 0 spiro atoms. The van der Waals surface area contributed by atoms with Crippen LogP contribution >= 0.6 is 0 Å². The van der Waals surface area contributed by atoms with Gasteiger partial charge in [-0.25, -0.2) is 9.78 Å². The van der Waals surface area contributed by atoms with E-state index in [-0.39, 0.29) is 11.1 Å². The Morgan fingerprint density at radius 1 is 0.938 bits per heavy atom. The number of carboxylic acids is 1. The van der Waals surface area contributed by atoms with Crippen molar-refractivity contribution in [2.75, 3.05) is 12.5 Å². The van der Waals surface area contributed by atoms with Crippen LogP contribution in [0.4, 0.5) is 5.82 Å². The maximum Gasteiger partial charge on any atom is 0.336 e. The van der Waals surface area contributed by atoms with Crippen LogP contribution in [0.15, 0.2) is 66.7 Å². The Morgan fingerprint density at radius 3 is 2.41 bits per heavy atom. The van der Waals surface area contributed by atoms with Crippen molar-refractivity contribution in [3.05, 3.63) is 77.9 Å². The van der Waals surface area contributed by atoms with Gasteiger partial charge in [0.25, 0.3) is 5.91 Å². The van der Waals surface area contributed by atoms with Crippen LogP contribution < -0.4 is 15.6 Å². The van der Waals surface area contributed by atoms with E-state index in [0.717, 1.165) is 32.8 Å². The van der Waals surface area contributed by atoms with E-state index < -0.39 is 11.9 Å². The van der Waals surface area contributed by atoms with E-state index in [9.17, 15) is 14.7 Å². The number of anilines is 1. The molecule has 0 atom stereocenters. The van der Waals surface area contributed by atoms with Gasteiger partial charge in [0, 0.05) is 21.7 Å². The summed E-state index contributed by atoms with van der Waals surface area (Å²) in [6.07, 6.45) is 0. The lowest BCUT2D eigenvalue weighted by Crippen LogP contribution is -2.31. The summed E-state index contributed by atoms with van der Waals surface area (Å²) in [7, 11) is 1.62. The predicted octanol–water partition coefficient (Wildman–Crippen LogP) is 4.33. The van der Waals surface area contributed by atoms with Crippen LogP contribution in [0.3, 0.4) is 0 Å². The number of pyridine rings is 1. The Labute approximate surface area is 181 Å². The lowest BCUT2D eigenvalue weighted by Gasteiger charge is -2.12. The standard InChI is InChI=1S/C24H18N4O4/c1-32-13-10-11-19-18(12-13)20-14-6-2-3-7-15(14)21(26-22(20)25-19)27-28-23(29)16-8-4-5-9-17(16)24(30)31/h2-12H,1H3,(H,28,29)(H,30,31)(H2,25,26,27). The highest BCUT2D eigenvalue weighted by atomic mass is 16.5. The molecule has 0 aliphatic rings. The maximum absolute atomic E-state index is 12.7. The fraction of sp³-hybridized carbons (Fsp3) is 0.0417. The van der Waals surface area contributed by atoms with Crippen molar-refractivity contribution in [3.8, 4) is 5.75 Å². The molecule has 0 unspecified atom stereocenters. The number of nitrogens with one attached hydrogen (secondary N) is 3. The van der Waals surface area contributed by atoms with Gasteiger partial charge >= 0.3 is 5.97 Å². The number of carbonyl (C=O) groups excluding carboxylic acids is 1. The Hall–Kier alpha value is -4.59. The Kier molecular flexibility index (Phi) is 4.59. The highest BCUT2D eigenvalue weighted by Crippen LogP contribution is 2.35. The van der Waals surface area contributed by atoms with Gasteiger partial charge in [0.15, 0.2) is 5.82 Å². The van der Waals surface area contributed by atoms with Gasteiger partial charge in [0.1, 0.15) is 11.4 Å². The molecule has 3 aromatic carbocycles. The third-order valence-electron chi connectivity index (χ3n) is 5.36. The Morgan fingerprint density at radius 2 is 1.66 bits per heavy atom. The quantitative estimate of drug-likeness (QED) is 0.311. The number of ether oxygens (including phenoxy) is 1. The number of carbonyl (C=O) groups is 2. The third-order valence-corrected chi connectivity index (χ3v) is 5.36. The molecule has 2 aromatic heterocycles. The number of hydrazine groups is 1. The second kappa shape index (κ2) is 7.59.